The molecule has 0 saturated heterocycles. The molecule has 0 bridgehead atoms. The van der Waals surface area contributed by atoms with Crippen LogP contribution in [0, 0.1) is 5.82 Å². The number of rotatable bonds is 11. The molecule has 0 aliphatic carbocycles. The number of hydrogen-bond donors (Lipinski definition) is 1. The average Bonchev–Trinajstić information content (AvgIpc) is 2.54. The molecule has 1 aromatic rings. The monoisotopic (exact) mass is 323 g/mol. The number of ether oxygens (including phenoxy) is 1. The van der Waals surface area contributed by atoms with Crippen LogP contribution in [0.4, 0.5) is 4.39 Å². The zero-order valence-corrected chi connectivity index (χ0v) is 13.8. The van der Waals surface area contributed by atoms with Crippen molar-refractivity contribution in [2.45, 2.75) is 51.9 Å². The van der Waals surface area contributed by atoms with Crippen molar-refractivity contribution in [3.63, 3.8) is 0 Å². The molecule has 0 unspecified atom stereocenters. The van der Waals surface area contributed by atoms with Crippen LogP contribution in [-0.2, 0) is 9.53 Å². The molecule has 1 amide bonds. The van der Waals surface area contributed by atoms with Gasteiger partial charge in [0.25, 0.3) is 5.91 Å². The number of carbonyl (C=O) groups is 2. The van der Waals surface area contributed by atoms with E-state index < -0.39 is 0 Å². The molecule has 0 spiro atoms. The summed E-state index contributed by atoms with van der Waals surface area (Å²) in [5.74, 6) is -1.02. The van der Waals surface area contributed by atoms with E-state index in [0.717, 1.165) is 12.8 Å². The number of amides is 1. The Morgan fingerprint density at radius 2 is 1.70 bits per heavy atom. The zero-order chi connectivity index (χ0) is 16.9. The van der Waals surface area contributed by atoms with Crippen molar-refractivity contribution in [2.75, 3.05) is 13.2 Å². The first-order chi connectivity index (χ1) is 11.1. The summed E-state index contributed by atoms with van der Waals surface area (Å²) in [7, 11) is 0. The Morgan fingerprint density at radius 1 is 1.04 bits per heavy atom. The van der Waals surface area contributed by atoms with Crippen LogP contribution in [-0.4, -0.2) is 25.0 Å². The molecule has 1 rings (SSSR count). The van der Waals surface area contributed by atoms with Crippen molar-refractivity contribution in [2.24, 2.45) is 0 Å². The first kappa shape index (κ1) is 19.1. The summed E-state index contributed by atoms with van der Waals surface area (Å²) in [6, 6.07) is 5.26. The number of halogens is 1. The number of esters is 1. The summed E-state index contributed by atoms with van der Waals surface area (Å²) >= 11 is 0. The van der Waals surface area contributed by atoms with Gasteiger partial charge in [0.05, 0.1) is 13.0 Å². The molecule has 0 atom stereocenters. The molecule has 128 valence electrons. The lowest BCUT2D eigenvalue weighted by atomic mass is 10.1. The highest BCUT2D eigenvalue weighted by Gasteiger charge is 2.07. The Labute approximate surface area is 137 Å². The summed E-state index contributed by atoms with van der Waals surface area (Å²) in [4.78, 5) is 23.3. The summed E-state index contributed by atoms with van der Waals surface area (Å²) < 4.78 is 17.9. The second-order valence-corrected chi connectivity index (χ2v) is 5.50. The van der Waals surface area contributed by atoms with Crippen LogP contribution in [0.5, 0.6) is 0 Å². The van der Waals surface area contributed by atoms with Gasteiger partial charge in [0.2, 0.25) is 0 Å². The van der Waals surface area contributed by atoms with Crippen LogP contribution in [0.3, 0.4) is 0 Å². The zero-order valence-electron chi connectivity index (χ0n) is 13.8. The van der Waals surface area contributed by atoms with Gasteiger partial charge in [-0.2, -0.15) is 0 Å². The third-order valence-electron chi connectivity index (χ3n) is 3.48. The van der Waals surface area contributed by atoms with Gasteiger partial charge in [-0.3, -0.25) is 9.59 Å². The van der Waals surface area contributed by atoms with E-state index in [1.165, 1.54) is 49.9 Å². The highest BCUT2D eigenvalue weighted by atomic mass is 19.1. The Hall–Kier alpha value is -1.91. The smallest absolute Gasteiger partial charge is 0.307 e. The second-order valence-electron chi connectivity index (χ2n) is 5.50. The molecule has 0 aliphatic rings. The lowest BCUT2D eigenvalue weighted by Gasteiger charge is -2.06. The van der Waals surface area contributed by atoms with Crippen molar-refractivity contribution < 1.29 is 18.7 Å². The molecule has 0 heterocycles. The lowest BCUT2D eigenvalue weighted by Crippen LogP contribution is -2.26. The van der Waals surface area contributed by atoms with Crippen molar-refractivity contribution in [1.82, 2.24) is 5.32 Å². The Bertz CT molecular complexity index is 474. The minimum Gasteiger partial charge on any atom is -0.466 e. The highest BCUT2D eigenvalue weighted by Crippen LogP contribution is 2.05. The summed E-state index contributed by atoms with van der Waals surface area (Å²) in [5, 5.41) is 2.61. The van der Waals surface area contributed by atoms with Crippen LogP contribution in [0.15, 0.2) is 24.3 Å². The van der Waals surface area contributed by atoms with Gasteiger partial charge in [-0.15, -0.1) is 0 Å². The van der Waals surface area contributed by atoms with Crippen LogP contribution < -0.4 is 5.32 Å². The maximum absolute atomic E-state index is 12.7. The van der Waals surface area contributed by atoms with Crippen molar-refractivity contribution >= 4 is 11.9 Å². The molecular formula is C18H26FNO3. The van der Waals surface area contributed by atoms with E-state index in [4.69, 9.17) is 4.74 Å². The first-order valence-corrected chi connectivity index (χ1v) is 8.33. The number of nitrogens with one attached hydrogen (secondary N) is 1. The first-order valence-electron chi connectivity index (χ1n) is 8.33. The van der Waals surface area contributed by atoms with Gasteiger partial charge in [0.1, 0.15) is 5.82 Å². The van der Waals surface area contributed by atoms with E-state index in [9.17, 15) is 14.0 Å². The molecule has 23 heavy (non-hydrogen) atoms. The number of benzene rings is 1. The largest absolute Gasteiger partial charge is 0.466 e. The maximum atomic E-state index is 12.7. The van der Waals surface area contributed by atoms with E-state index in [0.29, 0.717) is 12.2 Å². The van der Waals surface area contributed by atoms with E-state index in [2.05, 4.69) is 12.2 Å². The number of hydrogen-bond acceptors (Lipinski definition) is 3. The average molecular weight is 323 g/mol. The summed E-state index contributed by atoms with van der Waals surface area (Å²) in [6.45, 7) is 2.83. The molecule has 0 aromatic heterocycles. The fourth-order valence-corrected chi connectivity index (χ4v) is 2.12. The van der Waals surface area contributed by atoms with Crippen LogP contribution >= 0.6 is 0 Å². The number of carbonyl (C=O) groups excluding carboxylic acids is 2. The maximum Gasteiger partial charge on any atom is 0.307 e. The van der Waals surface area contributed by atoms with Crippen LogP contribution in [0.1, 0.15) is 62.2 Å². The van der Waals surface area contributed by atoms with Crippen molar-refractivity contribution in [1.29, 1.82) is 0 Å². The third-order valence-corrected chi connectivity index (χ3v) is 3.48. The van der Waals surface area contributed by atoms with Gasteiger partial charge < -0.3 is 10.1 Å². The quantitative estimate of drug-likeness (QED) is 0.497. The van der Waals surface area contributed by atoms with Crippen LogP contribution in [0.2, 0.25) is 0 Å². The second kappa shape index (κ2) is 11.6. The Morgan fingerprint density at radius 3 is 2.39 bits per heavy atom. The van der Waals surface area contributed by atoms with Crippen LogP contribution in [0.25, 0.3) is 0 Å². The van der Waals surface area contributed by atoms with Gasteiger partial charge in [-0.25, -0.2) is 4.39 Å². The third kappa shape index (κ3) is 8.96. The Balaban J connectivity index is 2.05. The van der Waals surface area contributed by atoms with Crippen molar-refractivity contribution in [3.8, 4) is 0 Å². The van der Waals surface area contributed by atoms with E-state index >= 15 is 0 Å². The molecule has 5 heteroatoms. The molecule has 1 N–H and O–H groups in total. The summed E-state index contributed by atoms with van der Waals surface area (Å²) in [6.07, 6.45) is 7.00. The van der Waals surface area contributed by atoms with E-state index in [-0.39, 0.29) is 30.7 Å². The molecule has 0 aliphatic heterocycles. The highest BCUT2D eigenvalue weighted by molar-refractivity contribution is 5.94. The summed E-state index contributed by atoms with van der Waals surface area (Å²) in [5.41, 5.74) is 0.367. The molecular weight excluding hydrogens is 297 g/mol. The lowest BCUT2D eigenvalue weighted by molar-refractivity contribution is -0.143. The minimum atomic E-state index is -0.389. The Kier molecular flexibility index (Phi) is 9.68. The van der Waals surface area contributed by atoms with E-state index in [1.807, 2.05) is 0 Å². The normalized spacial score (nSPS) is 10.3. The van der Waals surface area contributed by atoms with E-state index in [1.54, 1.807) is 0 Å². The minimum absolute atomic E-state index is 0.142. The molecule has 4 nitrogen and oxygen atoms in total. The predicted octanol–water partition coefficient (Wildman–Crippen LogP) is 3.85. The predicted molar refractivity (Wildman–Crippen MR) is 87.7 cm³/mol. The topological polar surface area (TPSA) is 55.4 Å². The van der Waals surface area contributed by atoms with Gasteiger partial charge >= 0.3 is 5.97 Å². The van der Waals surface area contributed by atoms with Gasteiger partial charge in [-0.05, 0) is 30.7 Å². The SMILES string of the molecule is CCCCCCCCOC(=O)CCNC(=O)c1ccc(F)cc1. The standard InChI is InChI=1S/C18H26FNO3/c1-2-3-4-5-6-7-14-23-17(21)12-13-20-18(22)15-8-10-16(19)11-9-15/h8-11H,2-7,12-14H2,1H3,(H,20,22). The fourth-order valence-electron chi connectivity index (χ4n) is 2.12. The van der Waals surface area contributed by atoms with Gasteiger partial charge in [-0.1, -0.05) is 39.0 Å². The van der Waals surface area contributed by atoms with Gasteiger partial charge in [0.15, 0.2) is 0 Å². The molecule has 0 radical (unpaired) electrons. The molecule has 0 fully saturated rings. The van der Waals surface area contributed by atoms with Gasteiger partial charge in [0, 0.05) is 12.1 Å². The fraction of sp³-hybridized carbons (Fsp3) is 0.556. The molecule has 0 saturated carbocycles. The molecule has 1 aromatic carbocycles. The number of unbranched alkanes of at least 4 members (excludes halogenated alkanes) is 5. The van der Waals surface area contributed by atoms with Crippen molar-refractivity contribution in [3.05, 3.63) is 35.6 Å².